The van der Waals surface area contributed by atoms with Gasteiger partial charge in [0.15, 0.2) is 0 Å². The van der Waals surface area contributed by atoms with Gasteiger partial charge < -0.3 is 10.4 Å². The van der Waals surface area contributed by atoms with Crippen molar-refractivity contribution in [3.05, 3.63) is 58.9 Å². The van der Waals surface area contributed by atoms with Crippen LogP contribution in [0.15, 0.2) is 36.4 Å². The summed E-state index contributed by atoms with van der Waals surface area (Å²) in [7, 11) is 0. The number of phenolic OH excluding ortho intramolecular Hbond substituents is 1. The van der Waals surface area contributed by atoms with Gasteiger partial charge in [0.05, 0.1) is 0 Å². The zero-order chi connectivity index (χ0) is 14.0. The summed E-state index contributed by atoms with van der Waals surface area (Å²) >= 11 is 0. The Balaban J connectivity index is 2.26. The molecule has 0 fully saturated rings. The number of anilines is 1. The number of halogens is 1. The third-order valence-electron chi connectivity index (χ3n) is 2.97. The second-order valence-corrected chi connectivity index (χ2v) is 4.37. The molecule has 4 heteroatoms. The smallest absolute Gasteiger partial charge is 0.255 e. The van der Waals surface area contributed by atoms with E-state index >= 15 is 0 Å². The van der Waals surface area contributed by atoms with Crippen LogP contribution >= 0.6 is 0 Å². The van der Waals surface area contributed by atoms with E-state index in [1.165, 1.54) is 18.2 Å². The predicted octanol–water partition coefficient (Wildman–Crippen LogP) is 3.40. The normalized spacial score (nSPS) is 10.3. The van der Waals surface area contributed by atoms with Crippen molar-refractivity contribution in [2.45, 2.75) is 13.8 Å². The summed E-state index contributed by atoms with van der Waals surface area (Å²) in [5.74, 6) is -0.560. The number of amides is 1. The van der Waals surface area contributed by atoms with E-state index < -0.39 is 0 Å². The molecule has 2 aromatic rings. The lowest BCUT2D eigenvalue weighted by atomic mass is 10.1. The highest BCUT2D eigenvalue weighted by atomic mass is 19.1. The fraction of sp³-hybridized carbons (Fsp3) is 0.133. The third kappa shape index (κ3) is 2.73. The first-order valence-electron chi connectivity index (χ1n) is 5.85. The maximum absolute atomic E-state index is 13.1. The average molecular weight is 259 g/mol. The lowest BCUT2D eigenvalue weighted by Gasteiger charge is -2.10. The number of aromatic hydroxyl groups is 1. The van der Waals surface area contributed by atoms with Gasteiger partial charge in [-0.1, -0.05) is 6.07 Å². The minimum Gasteiger partial charge on any atom is -0.508 e. The first-order valence-corrected chi connectivity index (χ1v) is 5.85. The summed E-state index contributed by atoms with van der Waals surface area (Å²) < 4.78 is 13.1. The summed E-state index contributed by atoms with van der Waals surface area (Å²) in [5.41, 5.74) is 1.92. The van der Waals surface area contributed by atoms with E-state index in [-0.39, 0.29) is 17.5 Å². The largest absolute Gasteiger partial charge is 0.508 e. The summed E-state index contributed by atoms with van der Waals surface area (Å²) in [6, 6.07) is 9.07. The van der Waals surface area contributed by atoms with Gasteiger partial charge in [0, 0.05) is 16.8 Å². The molecule has 0 aliphatic rings. The van der Waals surface area contributed by atoms with Crippen LogP contribution < -0.4 is 5.32 Å². The van der Waals surface area contributed by atoms with Crippen molar-refractivity contribution in [1.29, 1.82) is 0 Å². The summed E-state index contributed by atoms with van der Waals surface area (Å²) in [5, 5.41) is 12.3. The van der Waals surface area contributed by atoms with Gasteiger partial charge in [0.2, 0.25) is 0 Å². The molecule has 0 spiro atoms. The van der Waals surface area contributed by atoms with Crippen LogP contribution in [0.1, 0.15) is 21.5 Å². The zero-order valence-electron chi connectivity index (χ0n) is 10.7. The molecule has 2 aromatic carbocycles. The molecule has 1 amide bonds. The fourth-order valence-electron chi connectivity index (χ4n) is 1.74. The van der Waals surface area contributed by atoms with Crippen molar-refractivity contribution < 1.29 is 14.3 Å². The average Bonchev–Trinajstić information content (AvgIpc) is 2.38. The molecule has 0 unspecified atom stereocenters. The second kappa shape index (κ2) is 5.10. The van der Waals surface area contributed by atoms with Crippen LogP contribution in [0, 0.1) is 19.7 Å². The molecule has 19 heavy (non-hydrogen) atoms. The van der Waals surface area contributed by atoms with Gasteiger partial charge >= 0.3 is 0 Å². The molecule has 0 atom stereocenters. The maximum Gasteiger partial charge on any atom is 0.255 e. The number of aryl methyl sites for hydroxylation is 1. The molecule has 0 aromatic heterocycles. The number of nitrogens with one attached hydrogen (secondary N) is 1. The minimum absolute atomic E-state index is 0.119. The summed E-state index contributed by atoms with van der Waals surface area (Å²) in [4.78, 5) is 12.0. The van der Waals surface area contributed by atoms with E-state index in [2.05, 4.69) is 5.32 Å². The highest BCUT2D eigenvalue weighted by Crippen LogP contribution is 2.24. The van der Waals surface area contributed by atoms with Crippen LogP contribution in [-0.4, -0.2) is 11.0 Å². The Morgan fingerprint density at radius 2 is 1.95 bits per heavy atom. The van der Waals surface area contributed by atoms with E-state index in [1.54, 1.807) is 32.0 Å². The van der Waals surface area contributed by atoms with Gasteiger partial charge in [-0.15, -0.1) is 0 Å². The molecule has 0 saturated heterocycles. The number of phenols is 1. The van der Waals surface area contributed by atoms with Crippen LogP contribution in [0.2, 0.25) is 0 Å². The third-order valence-corrected chi connectivity index (χ3v) is 2.97. The van der Waals surface area contributed by atoms with Gasteiger partial charge in [-0.2, -0.15) is 0 Å². The van der Waals surface area contributed by atoms with Crippen LogP contribution in [0.25, 0.3) is 0 Å². The Kier molecular flexibility index (Phi) is 3.51. The Morgan fingerprint density at radius 1 is 1.21 bits per heavy atom. The Labute approximate surface area is 110 Å². The highest BCUT2D eigenvalue weighted by Gasteiger charge is 2.10. The maximum atomic E-state index is 13.1. The molecular weight excluding hydrogens is 245 g/mol. The number of benzene rings is 2. The molecule has 0 aliphatic carbocycles. The van der Waals surface area contributed by atoms with Gasteiger partial charge in [0.25, 0.3) is 5.91 Å². The molecular formula is C15H14FNO2. The number of hydrogen-bond acceptors (Lipinski definition) is 2. The van der Waals surface area contributed by atoms with Crippen molar-refractivity contribution in [3.63, 3.8) is 0 Å². The van der Waals surface area contributed by atoms with E-state index in [4.69, 9.17) is 0 Å². The van der Waals surface area contributed by atoms with Crippen molar-refractivity contribution in [3.8, 4) is 5.75 Å². The van der Waals surface area contributed by atoms with Gasteiger partial charge in [-0.3, -0.25) is 4.79 Å². The second-order valence-electron chi connectivity index (χ2n) is 4.37. The van der Waals surface area contributed by atoms with Crippen LogP contribution in [-0.2, 0) is 0 Å². The zero-order valence-corrected chi connectivity index (χ0v) is 10.7. The Hall–Kier alpha value is -2.36. The molecule has 0 heterocycles. The van der Waals surface area contributed by atoms with Crippen LogP contribution in [0.3, 0.4) is 0 Å². The van der Waals surface area contributed by atoms with E-state index in [0.717, 1.165) is 0 Å². The molecule has 0 saturated carbocycles. The number of hydrogen-bond donors (Lipinski definition) is 2. The number of carbonyl (C=O) groups is 1. The topological polar surface area (TPSA) is 49.3 Å². The van der Waals surface area contributed by atoms with Crippen molar-refractivity contribution in [2.24, 2.45) is 0 Å². The lowest BCUT2D eigenvalue weighted by molar-refractivity contribution is 0.102. The van der Waals surface area contributed by atoms with Gasteiger partial charge in [0.1, 0.15) is 11.6 Å². The first-order chi connectivity index (χ1) is 8.99. The quantitative estimate of drug-likeness (QED) is 0.868. The van der Waals surface area contributed by atoms with Crippen molar-refractivity contribution >= 4 is 11.6 Å². The first kappa shape index (κ1) is 13.1. The van der Waals surface area contributed by atoms with E-state index in [1.807, 2.05) is 0 Å². The summed E-state index contributed by atoms with van der Waals surface area (Å²) in [6.45, 7) is 3.31. The van der Waals surface area contributed by atoms with Gasteiger partial charge in [-0.05, 0) is 49.7 Å². The molecule has 98 valence electrons. The van der Waals surface area contributed by atoms with Crippen LogP contribution in [0.5, 0.6) is 5.75 Å². The van der Waals surface area contributed by atoms with Gasteiger partial charge in [-0.25, -0.2) is 4.39 Å². The molecule has 0 radical (unpaired) electrons. The molecule has 3 nitrogen and oxygen atoms in total. The minimum atomic E-state index is -0.343. The SMILES string of the molecule is Cc1cc(C(=O)Nc2cccc(O)c2C)ccc1F. The number of rotatable bonds is 2. The number of carbonyl (C=O) groups excluding carboxylic acids is 1. The molecule has 0 bridgehead atoms. The highest BCUT2D eigenvalue weighted by molar-refractivity contribution is 6.04. The molecule has 2 rings (SSSR count). The van der Waals surface area contributed by atoms with Crippen molar-refractivity contribution in [1.82, 2.24) is 0 Å². The standard InChI is InChI=1S/C15H14FNO2/c1-9-8-11(6-7-12(9)16)15(19)17-13-4-3-5-14(18)10(13)2/h3-8,18H,1-2H3,(H,17,19). The summed E-state index contributed by atoms with van der Waals surface area (Å²) in [6.07, 6.45) is 0. The monoisotopic (exact) mass is 259 g/mol. The lowest BCUT2D eigenvalue weighted by Crippen LogP contribution is -2.13. The fourth-order valence-corrected chi connectivity index (χ4v) is 1.74. The van der Waals surface area contributed by atoms with E-state index in [9.17, 15) is 14.3 Å². The van der Waals surface area contributed by atoms with E-state index in [0.29, 0.717) is 22.4 Å². The van der Waals surface area contributed by atoms with Crippen molar-refractivity contribution in [2.75, 3.05) is 5.32 Å². The van der Waals surface area contributed by atoms with Crippen LogP contribution in [0.4, 0.5) is 10.1 Å². The predicted molar refractivity (Wildman–Crippen MR) is 71.9 cm³/mol. The molecule has 2 N–H and O–H groups in total. The Morgan fingerprint density at radius 3 is 2.63 bits per heavy atom. The Bertz CT molecular complexity index is 638. The molecule has 0 aliphatic heterocycles.